The second-order valence-electron chi connectivity index (χ2n) is 2.94. The summed E-state index contributed by atoms with van der Waals surface area (Å²) >= 11 is 6.01. The molecule has 0 radical (unpaired) electrons. The first-order valence-corrected chi connectivity index (χ1v) is 4.36. The molecule has 1 rings (SSSR count). The highest BCUT2D eigenvalue weighted by Crippen LogP contribution is 2.24. The summed E-state index contributed by atoms with van der Waals surface area (Å²) < 4.78 is 0. The molecule has 0 unspecified atom stereocenters. The lowest BCUT2D eigenvalue weighted by Gasteiger charge is -2.03. The molecule has 0 amide bonds. The van der Waals surface area contributed by atoms with Crippen LogP contribution in [0.1, 0.15) is 18.1 Å². The van der Waals surface area contributed by atoms with Gasteiger partial charge in [0.25, 0.3) is 0 Å². The van der Waals surface area contributed by atoms with Gasteiger partial charge in [-0.15, -0.1) is 0 Å². The highest BCUT2D eigenvalue weighted by Gasteiger charge is 2.01. The van der Waals surface area contributed by atoms with Crippen molar-refractivity contribution in [2.75, 3.05) is 0 Å². The highest BCUT2D eigenvalue weighted by molar-refractivity contribution is 6.32. The van der Waals surface area contributed by atoms with Crippen LogP contribution in [-0.4, -0.2) is 0 Å². The molecule has 0 aliphatic rings. The van der Waals surface area contributed by atoms with Crippen molar-refractivity contribution in [3.8, 4) is 6.07 Å². The molecule has 0 bridgehead atoms. The third-order valence-electron chi connectivity index (χ3n) is 1.83. The van der Waals surface area contributed by atoms with Crippen LogP contribution in [0.3, 0.4) is 0 Å². The van der Waals surface area contributed by atoms with Gasteiger partial charge in [-0.3, -0.25) is 0 Å². The van der Waals surface area contributed by atoms with Crippen molar-refractivity contribution in [1.29, 1.82) is 5.26 Å². The topological polar surface area (TPSA) is 23.8 Å². The second-order valence-corrected chi connectivity index (χ2v) is 3.35. The molecule has 2 heteroatoms. The summed E-state index contributed by atoms with van der Waals surface area (Å²) in [6.07, 6.45) is 1.50. The van der Waals surface area contributed by atoms with Crippen molar-refractivity contribution >= 4 is 17.2 Å². The average Bonchev–Trinajstić information content (AvgIpc) is 2.04. The van der Waals surface area contributed by atoms with Crippen molar-refractivity contribution in [3.63, 3.8) is 0 Å². The van der Waals surface area contributed by atoms with Gasteiger partial charge in [0.1, 0.15) is 0 Å². The molecular weight excluding hydrogens is 182 g/mol. The Balaban J connectivity index is 3.18. The quantitative estimate of drug-likeness (QED) is 0.623. The third-order valence-corrected chi connectivity index (χ3v) is 2.14. The molecule has 13 heavy (non-hydrogen) atoms. The van der Waals surface area contributed by atoms with Crippen LogP contribution >= 0.6 is 11.6 Å². The van der Waals surface area contributed by atoms with E-state index in [2.05, 4.69) is 0 Å². The average molecular weight is 192 g/mol. The van der Waals surface area contributed by atoms with Gasteiger partial charge < -0.3 is 0 Å². The monoisotopic (exact) mass is 191 g/mol. The van der Waals surface area contributed by atoms with Crippen LogP contribution in [0.5, 0.6) is 0 Å². The predicted octanol–water partition coefficient (Wildman–Crippen LogP) is 3.58. The van der Waals surface area contributed by atoms with Crippen molar-refractivity contribution in [2.45, 2.75) is 13.8 Å². The van der Waals surface area contributed by atoms with Gasteiger partial charge in [0.15, 0.2) is 0 Å². The molecule has 0 aromatic heterocycles. The standard InChI is InChI=1S/C11H10ClN/c1-8-3-4-10(11(12)7-8)9(2)5-6-13/h3-5,7H,1-2H3. The summed E-state index contributed by atoms with van der Waals surface area (Å²) in [6, 6.07) is 7.80. The molecular formula is C11H10ClN. The molecule has 1 aromatic carbocycles. The molecule has 0 fully saturated rings. The molecule has 0 aliphatic carbocycles. The SMILES string of the molecule is CC(=CC#N)c1ccc(C)cc1Cl. The predicted molar refractivity (Wildman–Crippen MR) is 55.5 cm³/mol. The van der Waals surface area contributed by atoms with E-state index in [0.717, 1.165) is 16.7 Å². The summed E-state index contributed by atoms with van der Waals surface area (Å²) in [7, 11) is 0. The van der Waals surface area contributed by atoms with Gasteiger partial charge >= 0.3 is 0 Å². The maximum atomic E-state index is 8.47. The zero-order valence-electron chi connectivity index (χ0n) is 7.63. The normalized spacial score (nSPS) is 11.1. The summed E-state index contributed by atoms with van der Waals surface area (Å²) in [6.45, 7) is 3.86. The molecule has 1 nitrogen and oxygen atoms in total. The Kier molecular flexibility index (Phi) is 3.11. The second kappa shape index (κ2) is 4.11. The molecule has 0 atom stereocenters. The van der Waals surface area contributed by atoms with E-state index in [1.54, 1.807) is 0 Å². The fourth-order valence-electron chi connectivity index (χ4n) is 1.11. The van der Waals surface area contributed by atoms with Crippen LogP contribution in [0, 0.1) is 18.3 Å². The lowest BCUT2D eigenvalue weighted by atomic mass is 10.1. The fraction of sp³-hybridized carbons (Fsp3) is 0.182. The van der Waals surface area contributed by atoms with Crippen LogP contribution in [-0.2, 0) is 0 Å². The van der Waals surface area contributed by atoms with Crippen molar-refractivity contribution < 1.29 is 0 Å². The van der Waals surface area contributed by atoms with Gasteiger partial charge in [-0.1, -0.05) is 23.7 Å². The number of allylic oxidation sites excluding steroid dienone is 2. The van der Waals surface area contributed by atoms with E-state index in [1.807, 2.05) is 38.1 Å². The van der Waals surface area contributed by atoms with Crippen LogP contribution in [0.2, 0.25) is 5.02 Å². The molecule has 0 saturated heterocycles. The fourth-order valence-corrected chi connectivity index (χ4v) is 1.50. The first-order chi connectivity index (χ1) is 6.15. The minimum Gasteiger partial charge on any atom is -0.193 e. The van der Waals surface area contributed by atoms with E-state index in [-0.39, 0.29) is 0 Å². The number of benzene rings is 1. The van der Waals surface area contributed by atoms with Crippen molar-refractivity contribution in [1.82, 2.24) is 0 Å². The minimum atomic E-state index is 0.698. The van der Waals surface area contributed by atoms with E-state index in [0.29, 0.717) is 5.02 Å². The lowest BCUT2D eigenvalue weighted by Crippen LogP contribution is -1.82. The summed E-state index contributed by atoms with van der Waals surface area (Å²) in [5, 5.41) is 9.17. The maximum Gasteiger partial charge on any atom is 0.0915 e. The van der Waals surface area contributed by atoms with Gasteiger partial charge in [0.2, 0.25) is 0 Å². The Labute approximate surface area is 83.3 Å². The molecule has 66 valence electrons. The van der Waals surface area contributed by atoms with Crippen LogP contribution in [0.15, 0.2) is 24.3 Å². The number of hydrogen-bond acceptors (Lipinski definition) is 1. The number of aryl methyl sites for hydroxylation is 1. The van der Waals surface area contributed by atoms with E-state index < -0.39 is 0 Å². The summed E-state index contributed by atoms with van der Waals surface area (Å²) in [4.78, 5) is 0. The van der Waals surface area contributed by atoms with Crippen LogP contribution in [0.4, 0.5) is 0 Å². The van der Waals surface area contributed by atoms with Gasteiger partial charge in [0, 0.05) is 11.1 Å². The van der Waals surface area contributed by atoms with E-state index >= 15 is 0 Å². The number of nitrogens with zero attached hydrogens (tertiary/aromatic N) is 1. The molecule has 0 aliphatic heterocycles. The minimum absolute atomic E-state index is 0.698. The van der Waals surface area contributed by atoms with E-state index in [1.165, 1.54) is 6.08 Å². The Morgan fingerprint density at radius 1 is 1.54 bits per heavy atom. The summed E-state index contributed by atoms with van der Waals surface area (Å²) in [5.41, 5.74) is 2.94. The Bertz CT molecular complexity index is 386. The molecule has 1 aromatic rings. The van der Waals surface area contributed by atoms with Gasteiger partial charge in [-0.2, -0.15) is 5.26 Å². The molecule has 0 saturated carbocycles. The zero-order chi connectivity index (χ0) is 9.84. The third kappa shape index (κ3) is 2.34. The van der Waals surface area contributed by atoms with Gasteiger partial charge in [0.05, 0.1) is 6.07 Å². The van der Waals surface area contributed by atoms with Crippen molar-refractivity contribution in [3.05, 3.63) is 40.4 Å². The van der Waals surface area contributed by atoms with Crippen LogP contribution < -0.4 is 0 Å². The van der Waals surface area contributed by atoms with E-state index in [4.69, 9.17) is 16.9 Å². The zero-order valence-corrected chi connectivity index (χ0v) is 8.39. The van der Waals surface area contributed by atoms with Crippen molar-refractivity contribution in [2.24, 2.45) is 0 Å². The number of rotatable bonds is 1. The first kappa shape index (κ1) is 9.83. The Morgan fingerprint density at radius 3 is 2.77 bits per heavy atom. The molecule has 0 heterocycles. The first-order valence-electron chi connectivity index (χ1n) is 3.98. The van der Waals surface area contributed by atoms with Gasteiger partial charge in [-0.25, -0.2) is 0 Å². The maximum absolute atomic E-state index is 8.47. The highest BCUT2D eigenvalue weighted by atomic mass is 35.5. The number of halogens is 1. The summed E-state index contributed by atoms with van der Waals surface area (Å²) in [5.74, 6) is 0. The van der Waals surface area contributed by atoms with E-state index in [9.17, 15) is 0 Å². The smallest absolute Gasteiger partial charge is 0.0915 e. The van der Waals surface area contributed by atoms with Gasteiger partial charge in [-0.05, 0) is 36.6 Å². The molecule has 0 N–H and O–H groups in total. The Hall–Kier alpha value is -1.26. The van der Waals surface area contributed by atoms with Crippen LogP contribution in [0.25, 0.3) is 5.57 Å². The number of hydrogen-bond donors (Lipinski definition) is 0. The lowest BCUT2D eigenvalue weighted by molar-refractivity contribution is 1.44. The Morgan fingerprint density at radius 2 is 2.23 bits per heavy atom. The number of nitriles is 1. The molecule has 0 spiro atoms. The largest absolute Gasteiger partial charge is 0.193 e.